The second kappa shape index (κ2) is 18.9. The molecule has 0 rings (SSSR count). The van der Waals surface area contributed by atoms with Crippen molar-refractivity contribution in [3.8, 4) is 0 Å². The lowest BCUT2D eigenvalue weighted by Gasteiger charge is -2.06. The van der Waals surface area contributed by atoms with Crippen LogP contribution in [-0.4, -0.2) is 23.0 Å². The first-order valence-corrected chi connectivity index (χ1v) is 9.48. The lowest BCUT2D eigenvalue weighted by molar-refractivity contribution is -0.0466. The summed E-state index contributed by atoms with van der Waals surface area (Å²) in [4.78, 5) is 0. The molecule has 0 unspecified atom stereocenters. The smallest absolute Gasteiger partial charge is 0.151 e. The van der Waals surface area contributed by atoms with Crippen molar-refractivity contribution in [1.29, 1.82) is 0 Å². The molecule has 0 heterocycles. The van der Waals surface area contributed by atoms with Crippen molar-refractivity contribution in [3.05, 3.63) is 5.21 Å². The lowest BCUT2D eigenvalue weighted by atomic mass is 10.0. The summed E-state index contributed by atoms with van der Waals surface area (Å²) in [7, 11) is 0. The van der Waals surface area contributed by atoms with Crippen molar-refractivity contribution < 1.29 is 10.2 Å². The summed E-state index contributed by atoms with van der Waals surface area (Å²) in [5.74, 6) is 0. The Hall–Kier alpha value is -0.160. The molecule has 134 valence electrons. The SMILES string of the molecule is [O-]NCCCCCCCCCCCCCCCCCC(O)O. The van der Waals surface area contributed by atoms with Crippen molar-refractivity contribution in [2.75, 3.05) is 6.54 Å². The zero-order valence-corrected chi connectivity index (χ0v) is 14.4. The van der Waals surface area contributed by atoms with Gasteiger partial charge in [-0.1, -0.05) is 83.5 Å². The van der Waals surface area contributed by atoms with Gasteiger partial charge in [-0.15, -0.1) is 0 Å². The molecule has 4 heteroatoms. The van der Waals surface area contributed by atoms with Crippen LogP contribution in [0.3, 0.4) is 0 Å². The molecule has 0 radical (unpaired) electrons. The Morgan fingerprint density at radius 3 is 1.18 bits per heavy atom. The summed E-state index contributed by atoms with van der Waals surface area (Å²) < 4.78 is 0. The minimum Gasteiger partial charge on any atom is -0.788 e. The van der Waals surface area contributed by atoms with Gasteiger partial charge in [-0.3, -0.25) is 0 Å². The van der Waals surface area contributed by atoms with Crippen LogP contribution < -0.4 is 5.48 Å². The van der Waals surface area contributed by atoms with Crippen LogP contribution in [0.5, 0.6) is 0 Å². The third-order valence-corrected chi connectivity index (χ3v) is 4.24. The van der Waals surface area contributed by atoms with Gasteiger partial charge in [-0.25, -0.2) is 0 Å². The van der Waals surface area contributed by atoms with Crippen molar-refractivity contribution in [1.82, 2.24) is 5.48 Å². The van der Waals surface area contributed by atoms with Gasteiger partial charge in [0.1, 0.15) is 0 Å². The van der Waals surface area contributed by atoms with E-state index < -0.39 is 6.29 Å². The van der Waals surface area contributed by atoms with Gasteiger partial charge in [0.05, 0.1) is 0 Å². The molecule has 0 fully saturated rings. The standard InChI is InChI=1S/C18H38NO3/c20-18(21)16-14-12-10-8-6-4-2-1-3-5-7-9-11-13-15-17-19-22/h18-21H,1-17H2/q-1. The number of aliphatic hydroxyl groups is 2. The minimum absolute atomic E-state index is 0.523. The molecule has 4 nitrogen and oxygen atoms in total. The fourth-order valence-corrected chi connectivity index (χ4v) is 2.82. The molecule has 0 aliphatic rings. The highest BCUT2D eigenvalue weighted by Gasteiger charge is 1.97. The Bertz CT molecular complexity index is 201. The zero-order chi connectivity index (χ0) is 16.3. The maximum atomic E-state index is 10.0. The van der Waals surface area contributed by atoms with E-state index in [-0.39, 0.29) is 0 Å². The van der Waals surface area contributed by atoms with Crippen LogP contribution in [0.1, 0.15) is 103 Å². The summed E-state index contributed by atoms with van der Waals surface area (Å²) in [6, 6.07) is 0. The molecule has 0 aliphatic carbocycles. The molecule has 0 spiro atoms. The van der Waals surface area contributed by atoms with Gasteiger partial charge in [0.2, 0.25) is 0 Å². The summed E-state index contributed by atoms with van der Waals surface area (Å²) in [6.07, 6.45) is 18.3. The molecular formula is C18H38NO3-. The average Bonchev–Trinajstić information content (AvgIpc) is 2.50. The Morgan fingerprint density at radius 2 is 0.864 bits per heavy atom. The topological polar surface area (TPSA) is 75.5 Å². The molecule has 0 aromatic carbocycles. The molecule has 3 N–H and O–H groups in total. The molecule has 0 aromatic heterocycles. The fourth-order valence-electron chi connectivity index (χ4n) is 2.82. The highest BCUT2D eigenvalue weighted by Crippen LogP contribution is 2.13. The van der Waals surface area contributed by atoms with Crippen molar-refractivity contribution >= 4 is 0 Å². The monoisotopic (exact) mass is 316 g/mol. The second-order valence-corrected chi connectivity index (χ2v) is 6.47. The van der Waals surface area contributed by atoms with E-state index in [0.717, 1.165) is 19.3 Å². The summed E-state index contributed by atoms with van der Waals surface area (Å²) in [5, 5.41) is 27.5. The number of rotatable bonds is 18. The van der Waals surface area contributed by atoms with E-state index in [1.165, 1.54) is 77.0 Å². The minimum atomic E-state index is -1.12. The average molecular weight is 317 g/mol. The Kier molecular flexibility index (Phi) is 18.8. The first-order valence-electron chi connectivity index (χ1n) is 9.48. The molecular weight excluding hydrogens is 278 g/mol. The number of hydrogen-bond acceptors (Lipinski definition) is 4. The molecule has 22 heavy (non-hydrogen) atoms. The van der Waals surface area contributed by atoms with Gasteiger partial charge < -0.3 is 20.9 Å². The second-order valence-electron chi connectivity index (χ2n) is 6.47. The molecule has 0 amide bonds. The Balaban J connectivity index is 2.94. The highest BCUT2D eigenvalue weighted by molar-refractivity contribution is 4.51. The van der Waals surface area contributed by atoms with E-state index in [0.29, 0.717) is 13.0 Å². The van der Waals surface area contributed by atoms with E-state index in [9.17, 15) is 5.21 Å². The number of aliphatic hydroxyl groups excluding tert-OH is 1. The third kappa shape index (κ3) is 19.8. The summed E-state index contributed by atoms with van der Waals surface area (Å²) in [5.41, 5.74) is 1.95. The Morgan fingerprint density at radius 1 is 0.545 bits per heavy atom. The largest absolute Gasteiger partial charge is 0.788 e. The van der Waals surface area contributed by atoms with Gasteiger partial charge in [-0.05, 0) is 25.8 Å². The number of hydrogen-bond donors (Lipinski definition) is 3. The van der Waals surface area contributed by atoms with E-state index >= 15 is 0 Å². The summed E-state index contributed by atoms with van der Waals surface area (Å²) in [6.45, 7) is 0.614. The van der Waals surface area contributed by atoms with E-state index in [1.54, 1.807) is 0 Å². The molecule has 0 aliphatic heterocycles. The predicted molar refractivity (Wildman–Crippen MR) is 93.5 cm³/mol. The van der Waals surface area contributed by atoms with Gasteiger partial charge in [0.15, 0.2) is 6.29 Å². The predicted octanol–water partition coefficient (Wildman–Crippen LogP) is 4.63. The third-order valence-electron chi connectivity index (χ3n) is 4.24. The van der Waals surface area contributed by atoms with Gasteiger partial charge >= 0.3 is 0 Å². The number of hydroxylamine groups is 1. The molecule has 0 aromatic rings. The van der Waals surface area contributed by atoms with Crippen molar-refractivity contribution in [2.45, 2.75) is 109 Å². The van der Waals surface area contributed by atoms with Gasteiger partial charge in [-0.2, -0.15) is 0 Å². The van der Waals surface area contributed by atoms with E-state index in [1.807, 2.05) is 5.48 Å². The van der Waals surface area contributed by atoms with Crippen LogP contribution in [-0.2, 0) is 0 Å². The van der Waals surface area contributed by atoms with Crippen LogP contribution >= 0.6 is 0 Å². The summed E-state index contributed by atoms with van der Waals surface area (Å²) >= 11 is 0. The van der Waals surface area contributed by atoms with Crippen LogP contribution in [0.4, 0.5) is 0 Å². The van der Waals surface area contributed by atoms with E-state index in [4.69, 9.17) is 10.2 Å². The van der Waals surface area contributed by atoms with Crippen LogP contribution in [0.25, 0.3) is 0 Å². The highest BCUT2D eigenvalue weighted by atomic mass is 16.5. The van der Waals surface area contributed by atoms with E-state index in [2.05, 4.69) is 0 Å². The first-order chi connectivity index (χ1) is 10.8. The van der Waals surface area contributed by atoms with Crippen LogP contribution in [0, 0.1) is 5.21 Å². The maximum absolute atomic E-state index is 10.0. The molecule has 0 saturated carbocycles. The lowest BCUT2D eigenvalue weighted by Crippen LogP contribution is -2.04. The van der Waals surface area contributed by atoms with Gasteiger partial charge in [0.25, 0.3) is 0 Å². The Labute approximate surface area is 137 Å². The first kappa shape index (κ1) is 21.8. The van der Waals surface area contributed by atoms with Crippen molar-refractivity contribution in [2.24, 2.45) is 0 Å². The number of unbranched alkanes of at least 4 members (excludes halogenated alkanes) is 14. The van der Waals surface area contributed by atoms with Crippen LogP contribution in [0.2, 0.25) is 0 Å². The number of nitrogens with one attached hydrogen (secondary N) is 1. The normalized spacial score (nSPS) is 11.5. The quantitative estimate of drug-likeness (QED) is 0.196. The van der Waals surface area contributed by atoms with Crippen molar-refractivity contribution in [3.63, 3.8) is 0 Å². The zero-order valence-electron chi connectivity index (χ0n) is 14.4. The maximum Gasteiger partial charge on any atom is 0.151 e. The fraction of sp³-hybridized carbons (Fsp3) is 1.00. The molecule has 0 atom stereocenters. The van der Waals surface area contributed by atoms with Crippen LogP contribution in [0.15, 0.2) is 0 Å². The van der Waals surface area contributed by atoms with Gasteiger partial charge in [0, 0.05) is 0 Å². The molecule has 0 bridgehead atoms. The molecule has 0 saturated heterocycles.